The molecule has 3 heterocycles. The minimum atomic E-state index is 0. The van der Waals surface area contributed by atoms with Crippen LogP contribution in [0.4, 0.5) is 0 Å². The van der Waals surface area contributed by atoms with E-state index in [-0.39, 0.29) is 18.3 Å². The number of hydrogen-bond acceptors (Lipinski definition) is 3. The zero-order valence-corrected chi connectivity index (χ0v) is 13.1. The van der Waals surface area contributed by atoms with Gasteiger partial charge in [-0.15, -0.1) is 12.4 Å². The van der Waals surface area contributed by atoms with Crippen LogP contribution in [0.25, 0.3) is 0 Å². The van der Waals surface area contributed by atoms with Gasteiger partial charge in [-0.1, -0.05) is 0 Å². The number of carbonyl (C=O) groups is 1. The van der Waals surface area contributed by atoms with Crippen LogP contribution in [-0.4, -0.2) is 50.2 Å². The first-order valence-corrected chi connectivity index (χ1v) is 7.86. The summed E-state index contributed by atoms with van der Waals surface area (Å²) in [6, 6.07) is 0. The molecule has 3 aliphatic heterocycles. The highest BCUT2D eigenvalue weighted by Gasteiger charge is 2.38. The molecule has 4 nitrogen and oxygen atoms in total. The lowest BCUT2D eigenvalue weighted by Gasteiger charge is -2.45. The summed E-state index contributed by atoms with van der Waals surface area (Å²) in [5, 5.41) is 3.44. The average molecular weight is 303 g/mol. The van der Waals surface area contributed by atoms with Gasteiger partial charge in [0.25, 0.3) is 0 Å². The second kappa shape index (κ2) is 7.10. The summed E-state index contributed by atoms with van der Waals surface area (Å²) >= 11 is 0. The van der Waals surface area contributed by atoms with Gasteiger partial charge in [0.2, 0.25) is 5.91 Å². The molecule has 0 saturated carbocycles. The Labute approximate surface area is 128 Å². The normalized spacial score (nSPS) is 29.8. The van der Waals surface area contributed by atoms with Crippen molar-refractivity contribution in [2.75, 3.05) is 39.4 Å². The maximum absolute atomic E-state index is 12.5. The predicted octanol–water partition coefficient (Wildman–Crippen LogP) is 1.83. The van der Waals surface area contributed by atoms with Crippen molar-refractivity contribution in [1.29, 1.82) is 0 Å². The van der Waals surface area contributed by atoms with Crippen molar-refractivity contribution in [3.8, 4) is 0 Å². The van der Waals surface area contributed by atoms with E-state index < -0.39 is 0 Å². The SMILES string of the molecule is Cl.O=C(C1CCCOC1)N1CCC2(CCNCC2)CC1. The molecule has 0 radical (unpaired) electrons. The zero-order valence-electron chi connectivity index (χ0n) is 12.2. The van der Waals surface area contributed by atoms with Gasteiger partial charge in [0, 0.05) is 19.7 Å². The van der Waals surface area contributed by atoms with E-state index in [0.29, 0.717) is 17.9 Å². The summed E-state index contributed by atoms with van der Waals surface area (Å²) in [4.78, 5) is 14.6. The molecular weight excluding hydrogens is 276 g/mol. The molecule has 3 fully saturated rings. The molecular formula is C15H27ClN2O2. The molecule has 1 amide bonds. The van der Waals surface area contributed by atoms with Crippen LogP contribution in [0.2, 0.25) is 0 Å². The maximum atomic E-state index is 12.5. The Hall–Kier alpha value is -0.320. The summed E-state index contributed by atoms with van der Waals surface area (Å²) in [6.07, 6.45) is 7.05. The number of likely N-dealkylation sites (tertiary alicyclic amines) is 1. The van der Waals surface area contributed by atoms with Crippen LogP contribution in [0.5, 0.6) is 0 Å². The molecule has 3 aliphatic rings. The van der Waals surface area contributed by atoms with E-state index in [0.717, 1.165) is 45.6 Å². The second-order valence-electron chi connectivity index (χ2n) is 6.49. The number of nitrogens with one attached hydrogen (secondary N) is 1. The van der Waals surface area contributed by atoms with Gasteiger partial charge in [-0.2, -0.15) is 0 Å². The molecule has 20 heavy (non-hydrogen) atoms. The van der Waals surface area contributed by atoms with Gasteiger partial charge >= 0.3 is 0 Å². The highest BCUT2D eigenvalue weighted by molar-refractivity contribution is 5.85. The highest BCUT2D eigenvalue weighted by Crippen LogP contribution is 2.39. The van der Waals surface area contributed by atoms with Gasteiger partial charge in [0.05, 0.1) is 12.5 Å². The van der Waals surface area contributed by atoms with Crippen molar-refractivity contribution in [1.82, 2.24) is 10.2 Å². The summed E-state index contributed by atoms with van der Waals surface area (Å²) < 4.78 is 5.45. The Morgan fingerprint density at radius 3 is 2.45 bits per heavy atom. The summed E-state index contributed by atoms with van der Waals surface area (Å²) in [7, 11) is 0. The van der Waals surface area contributed by atoms with E-state index in [9.17, 15) is 4.79 Å². The van der Waals surface area contributed by atoms with Crippen molar-refractivity contribution in [2.24, 2.45) is 11.3 Å². The van der Waals surface area contributed by atoms with Crippen molar-refractivity contribution in [3.63, 3.8) is 0 Å². The van der Waals surface area contributed by atoms with Crippen molar-refractivity contribution >= 4 is 18.3 Å². The topological polar surface area (TPSA) is 41.6 Å². The lowest BCUT2D eigenvalue weighted by atomic mass is 9.71. The summed E-state index contributed by atoms with van der Waals surface area (Å²) in [6.45, 7) is 5.73. The van der Waals surface area contributed by atoms with Gasteiger partial charge in [-0.05, 0) is 57.0 Å². The van der Waals surface area contributed by atoms with Crippen molar-refractivity contribution in [2.45, 2.75) is 38.5 Å². The minimum Gasteiger partial charge on any atom is -0.381 e. The molecule has 0 aromatic carbocycles. The number of halogens is 1. The monoisotopic (exact) mass is 302 g/mol. The molecule has 1 unspecified atom stereocenters. The van der Waals surface area contributed by atoms with Crippen molar-refractivity contribution in [3.05, 3.63) is 0 Å². The molecule has 3 saturated heterocycles. The smallest absolute Gasteiger partial charge is 0.228 e. The van der Waals surface area contributed by atoms with Gasteiger partial charge in [0.1, 0.15) is 0 Å². The summed E-state index contributed by atoms with van der Waals surface area (Å²) in [5.41, 5.74) is 0.533. The van der Waals surface area contributed by atoms with Gasteiger partial charge < -0.3 is 15.0 Å². The summed E-state index contributed by atoms with van der Waals surface area (Å²) in [5.74, 6) is 0.485. The molecule has 116 valence electrons. The molecule has 0 aromatic rings. The number of hydrogen-bond donors (Lipinski definition) is 1. The van der Waals surface area contributed by atoms with Crippen LogP contribution in [0, 0.1) is 11.3 Å². The lowest BCUT2D eigenvalue weighted by Crippen LogP contribution is -2.49. The Morgan fingerprint density at radius 2 is 1.85 bits per heavy atom. The molecule has 1 N–H and O–H groups in total. The first-order chi connectivity index (χ1) is 9.29. The Bertz CT molecular complexity index is 316. The van der Waals surface area contributed by atoms with E-state index in [4.69, 9.17) is 4.74 Å². The molecule has 1 atom stereocenters. The van der Waals surface area contributed by atoms with Crippen LogP contribution in [-0.2, 0) is 9.53 Å². The quantitative estimate of drug-likeness (QED) is 0.803. The number of amides is 1. The minimum absolute atomic E-state index is 0. The number of piperidine rings is 2. The number of rotatable bonds is 1. The number of ether oxygens (including phenoxy) is 1. The Balaban J connectivity index is 0.00000147. The standard InChI is InChI=1S/C15H26N2O2.ClH/c18-14(13-2-1-11-19-12-13)17-9-5-15(6-10-17)3-7-16-8-4-15;/h13,16H,1-12H2;1H. The van der Waals surface area contributed by atoms with Gasteiger partial charge in [0.15, 0.2) is 0 Å². The van der Waals surface area contributed by atoms with E-state index >= 15 is 0 Å². The molecule has 3 rings (SSSR count). The molecule has 0 aromatic heterocycles. The van der Waals surface area contributed by atoms with E-state index in [2.05, 4.69) is 10.2 Å². The third-order valence-electron chi connectivity index (χ3n) is 5.31. The van der Waals surface area contributed by atoms with Crippen molar-refractivity contribution < 1.29 is 9.53 Å². The fourth-order valence-electron chi connectivity index (χ4n) is 3.85. The second-order valence-corrected chi connectivity index (χ2v) is 6.49. The first kappa shape index (κ1) is 16.1. The van der Waals surface area contributed by atoms with Gasteiger partial charge in [-0.3, -0.25) is 4.79 Å². The van der Waals surface area contributed by atoms with Crippen LogP contribution in [0.3, 0.4) is 0 Å². The Kier molecular flexibility index (Phi) is 5.70. The zero-order chi connectivity index (χ0) is 13.1. The van der Waals surface area contributed by atoms with Crippen LogP contribution in [0.1, 0.15) is 38.5 Å². The molecule has 0 bridgehead atoms. The number of carbonyl (C=O) groups excluding carboxylic acids is 1. The van der Waals surface area contributed by atoms with Gasteiger partial charge in [-0.25, -0.2) is 0 Å². The van der Waals surface area contributed by atoms with E-state index in [1.54, 1.807) is 0 Å². The third kappa shape index (κ3) is 3.46. The average Bonchev–Trinajstić information content (AvgIpc) is 2.49. The van der Waals surface area contributed by atoms with E-state index in [1.165, 1.54) is 25.7 Å². The molecule has 1 spiro atoms. The Morgan fingerprint density at radius 1 is 1.15 bits per heavy atom. The highest BCUT2D eigenvalue weighted by atomic mass is 35.5. The lowest BCUT2D eigenvalue weighted by molar-refractivity contribution is -0.142. The van der Waals surface area contributed by atoms with Crippen LogP contribution >= 0.6 is 12.4 Å². The fourth-order valence-corrected chi connectivity index (χ4v) is 3.85. The van der Waals surface area contributed by atoms with Crippen LogP contribution in [0.15, 0.2) is 0 Å². The predicted molar refractivity (Wildman–Crippen MR) is 81.1 cm³/mol. The van der Waals surface area contributed by atoms with Crippen LogP contribution < -0.4 is 5.32 Å². The molecule has 5 heteroatoms. The van der Waals surface area contributed by atoms with E-state index in [1.807, 2.05) is 0 Å². The largest absolute Gasteiger partial charge is 0.381 e. The molecule has 0 aliphatic carbocycles. The first-order valence-electron chi connectivity index (χ1n) is 7.86. The maximum Gasteiger partial charge on any atom is 0.228 e. The fraction of sp³-hybridized carbons (Fsp3) is 0.933. The third-order valence-corrected chi connectivity index (χ3v) is 5.31. The number of nitrogens with zero attached hydrogens (tertiary/aromatic N) is 1.